The van der Waals surface area contributed by atoms with Crippen molar-refractivity contribution in [1.82, 2.24) is 0 Å². The van der Waals surface area contributed by atoms with E-state index in [4.69, 9.17) is 4.74 Å². The van der Waals surface area contributed by atoms with Gasteiger partial charge in [0.25, 0.3) is 5.91 Å². The molecule has 0 aromatic heterocycles. The topological polar surface area (TPSA) is 131 Å². The smallest absolute Gasteiger partial charge is 0.306 e. The number of nitro benzene ring substituents is 1. The lowest BCUT2D eigenvalue weighted by Crippen LogP contribution is -2.29. The van der Waals surface area contributed by atoms with Gasteiger partial charge in [0.1, 0.15) is 5.75 Å². The molecule has 10 nitrogen and oxygen atoms in total. The van der Waals surface area contributed by atoms with Crippen molar-refractivity contribution in [2.75, 3.05) is 29.7 Å². The Balaban J connectivity index is 1.64. The van der Waals surface area contributed by atoms with E-state index < -0.39 is 34.1 Å². The first kappa shape index (κ1) is 25.8. The second kappa shape index (κ2) is 11.6. The summed E-state index contributed by atoms with van der Waals surface area (Å²) in [5.74, 6) is -1.90. The SMILES string of the molecule is COc1cccc(NC(=O)c2ccccc2N(C)C(=O)CCC(=O)Nc2ccc(F)c([N+](=O)[O-])c2)c1. The van der Waals surface area contributed by atoms with Gasteiger partial charge in [0.2, 0.25) is 17.6 Å². The first-order chi connectivity index (χ1) is 17.2. The third-order valence-electron chi connectivity index (χ3n) is 5.20. The van der Waals surface area contributed by atoms with Gasteiger partial charge in [0.05, 0.1) is 23.3 Å². The van der Waals surface area contributed by atoms with Crippen LogP contribution in [0.25, 0.3) is 0 Å². The van der Waals surface area contributed by atoms with Gasteiger partial charge >= 0.3 is 5.69 Å². The highest BCUT2D eigenvalue weighted by molar-refractivity contribution is 6.10. The van der Waals surface area contributed by atoms with E-state index in [1.807, 2.05) is 0 Å². The number of hydrogen-bond donors (Lipinski definition) is 2. The van der Waals surface area contributed by atoms with Crippen molar-refractivity contribution in [3.8, 4) is 5.75 Å². The molecule has 0 radical (unpaired) electrons. The van der Waals surface area contributed by atoms with E-state index in [2.05, 4.69) is 10.6 Å². The number of rotatable bonds is 9. The minimum atomic E-state index is -1.02. The van der Waals surface area contributed by atoms with Gasteiger partial charge in [0, 0.05) is 43.4 Å². The Morgan fingerprint density at radius 1 is 0.972 bits per heavy atom. The molecular weight excluding hydrogens is 471 g/mol. The first-order valence-corrected chi connectivity index (χ1v) is 10.7. The van der Waals surface area contributed by atoms with Crippen molar-refractivity contribution in [1.29, 1.82) is 0 Å². The molecule has 0 saturated carbocycles. The molecule has 0 heterocycles. The monoisotopic (exact) mass is 494 g/mol. The number of benzene rings is 3. The van der Waals surface area contributed by atoms with Gasteiger partial charge in [-0.3, -0.25) is 24.5 Å². The van der Waals surface area contributed by atoms with Gasteiger partial charge in [-0.25, -0.2) is 0 Å². The number of nitro groups is 1. The zero-order valence-electron chi connectivity index (χ0n) is 19.5. The summed E-state index contributed by atoms with van der Waals surface area (Å²) < 4.78 is 18.6. The number of ether oxygens (including phenoxy) is 1. The Kier molecular flexibility index (Phi) is 8.29. The number of methoxy groups -OCH3 is 1. The normalized spacial score (nSPS) is 10.3. The van der Waals surface area contributed by atoms with Crippen LogP contribution in [0.5, 0.6) is 5.75 Å². The number of nitrogens with one attached hydrogen (secondary N) is 2. The summed E-state index contributed by atoms with van der Waals surface area (Å²) >= 11 is 0. The van der Waals surface area contributed by atoms with E-state index in [1.165, 1.54) is 25.1 Å². The molecular formula is C25H23FN4O6. The predicted octanol–water partition coefficient (Wildman–Crippen LogP) is 4.38. The highest BCUT2D eigenvalue weighted by Gasteiger charge is 2.20. The number of nitrogens with zero attached hydrogens (tertiary/aromatic N) is 2. The van der Waals surface area contributed by atoms with E-state index in [1.54, 1.807) is 48.5 Å². The molecule has 0 aliphatic carbocycles. The van der Waals surface area contributed by atoms with E-state index in [0.717, 1.165) is 12.1 Å². The molecule has 0 spiro atoms. The van der Waals surface area contributed by atoms with Crippen molar-refractivity contribution in [2.45, 2.75) is 12.8 Å². The molecule has 3 aromatic carbocycles. The van der Waals surface area contributed by atoms with Crippen LogP contribution in [0.15, 0.2) is 66.7 Å². The van der Waals surface area contributed by atoms with Crippen LogP contribution in [0.2, 0.25) is 0 Å². The Bertz CT molecular complexity index is 1310. The number of anilines is 3. The molecule has 0 bridgehead atoms. The van der Waals surface area contributed by atoms with Crippen LogP contribution >= 0.6 is 0 Å². The fourth-order valence-corrected chi connectivity index (χ4v) is 3.33. The van der Waals surface area contributed by atoms with Crippen LogP contribution in [0, 0.1) is 15.9 Å². The fraction of sp³-hybridized carbons (Fsp3) is 0.160. The van der Waals surface area contributed by atoms with Gasteiger partial charge in [-0.1, -0.05) is 18.2 Å². The van der Waals surface area contributed by atoms with E-state index in [9.17, 15) is 28.9 Å². The standard InChI is InChI=1S/C25H23FN4O6/c1-29(24(32)13-12-23(31)27-17-10-11-20(26)22(15-17)30(34)35)21-9-4-3-8-19(21)25(33)28-16-6-5-7-18(14-16)36-2/h3-11,14-15H,12-13H2,1-2H3,(H,27,31)(H,28,33). The lowest BCUT2D eigenvalue weighted by atomic mass is 10.1. The van der Waals surface area contributed by atoms with Gasteiger partial charge in [-0.2, -0.15) is 4.39 Å². The van der Waals surface area contributed by atoms with Crippen molar-refractivity contribution in [3.63, 3.8) is 0 Å². The number of carbonyl (C=O) groups excluding carboxylic acids is 3. The maximum absolute atomic E-state index is 13.5. The number of para-hydroxylation sites is 1. The molecule has 0 aliphatic heterocycles. The molecule has 0 fully saturated rings. The highest BCUT2D eigenvalue weighted by Crippen LogP contribution is 2.24. The quantitative estimate of drug-likeness (QED) is 0.335. The van der Waals surface area contributed by atoms with Crippen LogP contribution < -0.4 is 20.3 Å². The molecule has 0 saturated heterocycles. The van der Waals surface area contributed by atoms with Crippen molar-refractivity contribution < 1.29 is 28.4 Å². The average Bonchev–Trinajstić information content (AvgIpc) is 2.87. The lowest BCUT2D eigenvalue weighted by molar-refractivity contribution is -0.387. The lowest BCUT2D eigenvalue weighted by Gasteiger charge is -2.20. The zero-order chi connectivity index (χ0) is 26.2. The molecule has 186 valence electrons. The number of carbonyl (C=O) groups is 3. The second-order valence-electron chi connectivity index (χ2n) is 7.63. The van der Waals surface area contributed by atoms with E-state index in [0.29, 0.717) is 17.1 Å². The summed E-state index contributed by atoms with van der Waals surface area (Å²) in [6, 6.07) is 16.3. The number of hydrogen-bond acceptors (Lipinski definition) is 6. The molecule has 36 heavy (non-hydrogen) atoms. The van der Waals surface area contributed by atoms with Crippen LogP contribution in [-0.2, 0) is 9.59 Å². The molecule has 2 N–H and O–H groups in total. The summed E-state index contributed by atoms with van der Waals surface area (Å²) in [5, 5.41) is 16.0. The summed E-state index contributed by atoms with van der Waals surface area (Å²) in [7, 11) is 3.00. The van der Waals surface area contributed by atoms with Crippen molar-refractivity contribution >= 4 is 40.5 Å². The Labute approximate surface area is 205 Å². The maximum Gasteiger partial charge on any atom is 0.306 e. The summed E-state index contributed by atoms with van der Waals surface area (Å²) in [4.78, 5) is 49.2. The minimum absolute atomic E-state index is 0.0356. The van der Waals surface area contributed by atoms with Crippen LogP contribution in [-0.4, -0.2) is 36.8 Å². The summed E-state index contributed by atoms with van der Waals surface area (Å²) in [6.07, 6.45) is -0.427. The second-order valence-corrected chi connectivity index (χ2v) is 7.63. The van der Waals surface area contributed by atoms with Gasteiger partial charge in [-0.05, 0) is 36.4 Å². The van der Waals surface area contributed by atoms with Crippen LogP contribution in [0.1, 0.15) is 23.2 Å². The highest BCUT2D eigenvalue weighted by atomic mass is 19.1. The predicted molar refractivity (Wildman–Crippen MR) is 132 cm³/mol. The minimum Gasteiger partial charge on any atom is -0.497 e. The van der Waals surface area contributed by atoms with Crippen LogP contribution in [0.3, 0.4) is 0 Å². The maximum atomic E-state index is 13.5. The number of halogens is 1. The van der Waals surface area contributed by atoms with Crippen molar-refractivity contribution in [3.05, 3.63) is 88.2 Å². The Morgan fingerprint density at radius 3 is 2.42 bits per heavy atom. The van der Waals surface area contributed by atoms with Crippen LogP contribution in [0.4, 0.5) is 27.1 Å². The largest absolute Gasteiger partial charge is 0.497 e. The average molecular weight is 494 g/mol. The van der Waals surface area contributed by atoms with Gasteiger partial charge in [0.15, 0.2) is 0 Å². The zero-order valence-corrected chi connectivity index (χ0v) is 19.5. The van der Waals surface area contributed by atoms with E-state index >= 15 is 0 Å². The third-order valence-corrected chi connectivity index (χ3v) is 5.20. The molecule has 3 aromatic rings. The van der Waals surface area contributed by atoms with Crippen molar-refractivity contribution in [2.24, 2.45) is 0 Å². The molecule has 3 amide bonds. The summed E-state index contributed by atoms with van der Waals surface area (Å²) in [6.45, 7) is 0. The molecule has 0 aliphatic rings. The Hall–Kier alpha value is -4.80. The molecule has 0 atom stereocenters. The first-order valence-electron chi connectivity index (χ1n) is 10.7. The molecule has 0 unspecified atom stereocenters. The van der Waals surface area contributed by atoms with Gasteiger partial charge < -0.3 is 20.3 Å². The Morgan fingerprint density at radius 2 is 1.69 bits per heavy atom. The number of amides is 3. The molecule has 11 heteroatoms. The fourth-order valence-electron chi connectivity index (χ4n) is 3.33. The molecule has 3 rings (SSSR count). The van der Waals surface area contributed by atoms with E-state index in [-0.39, 0.29) is 24.1 Å². The summed E-state index contributed by atoms with van der Waals surface area (Å²) in [5.41, 5.74) is 0.374. The third kappa shape index (κ3) is 6.41. The van der Waals surface area contributed by atoms with Gasteiger partial charge in [-0.15, -0.1) is 0 Å².